The lowest BCUT2D eigenvalue weighted by Crippen LogP contribution is -2.28. The molecular formula is C11H24N2. The van der Waals surface area contributed by atoms with Gasteiger partial charge in [0.25, 0.3) is 0 Å². The zero-order valence-corrected chi connectivity index (χ0v) is 9.34. The Balaban J connectivity index is 2.31. The van der Waals surface area contributed by atoms with Gasteiger partial charge in [0.1, 0.15) is 0 Å². The van der Waals surface area contributed by atoms with Crippen molar-refractivity contribution in [1.82, 2.24) is 4.90 Å². The van der Waals surface area contributed by atoms with Gasteiger partial charge in [-0.25, -0.2) is 0 Å². The van der Waals surface area contributed by atoms with E-state index in [1.807, 2.05) is 0 Å². The summed E-state index contributed by atoms with van der Waals surface area (Å²) in [5.74, 6) is 0.887. The van der Waals surface area contributed by atoms with Crippen LogP contribution in [-0.2, 0) is 0 Å². The van der Waals surface area contributed by atoms with Crippen molar-refractivity contribution >= 4 is 0 Å². The van der Waals surface area contributed by atoms with E-state index in [2.05, 4.69) is 25.7 Å². The van der Waals surface area contributed by atoms with E-state index < -0.39 is 0 Å². The molecule has 0 bridgehead atoms. The van der Waals surface area contributed by atoms with Crippen LogP contribution in [0, 0.1) is 11.3 Å². The molecule has 13 heavy (non-hydrogen) atoms. The Morgan fingerprint density at radius 1 is 1.46 bits per heavy atom. The van der Waals surface area contributed by atoms with Gasteiger partial charge >= 0.3 is 0 Å². The summed E-state index contributed by atoms with van der Waals surface area (Å²) in [6.45, 7) is 11.4. The van der Waals surface area contributed by atoms with Gasteiger partial charge < -0.3 is 10.6 Å². The van der Waals surface area contributed by atoms with Crippen LogP contribution in [0.5, 0.6) is 0 Å². The lowest BCUT2D eigenvalue weighted by Gasteiger charge is -2.26. The summed E-state index contributed by atoms with van der Waals surface area (Å²) >= 11 is 0. The van der Waals surface area contributed by atoms with Crippen LogP contribution in [0.25, 0.3) is 0 Å². The molecular weight excluding hydrogens is 160 g/mol. The molecule has 1 fully saturated rings. The normalized spacial score (nSPS) is 25.4. The standard InChI is InChI=1S/C11H24N2/c1-4-13-6-5-10(8-13)7-11(2,3)9-12/h10H,4-9,12H2,1-3H3. The molecule has 0 aliphatic carbocycles. The van der Waals surface area contributed by atoms with E-state index in [-0.39, 0.29) is 0 Å². The van der Waals surface area contributed by atoms with Gasteiger partial charge in [0.15, 0.2) is 0 Å². The Bertz CT molecular complexity index is 154. The Morgan fingerprint density at radius 2 is 2.15 bits per heavy atom. The zero-order chi connectivity index (χ0) is 9.90. The van der Waals surface area contributed by atoms with Gasteiger partial charge in [-0.1, -0.05) is 20.8 Å². The Morgan fingerprint density at radius 3 is 2.62 bits per heavy atom. The number of nitrogens with zero attached hydrogens (tertiary/aromatic N) is 1. The third-order valence-electron chi connectivity index (χ3n) is 3.21. The number of rotatable bonds is 4. The molecule has 0 aromatic carbocycles. The summed E-state index contributed by atoms with van der Waals surface area (Å²) in [4.78, 5) is 2.54. The van der Waals surface area contributed by atoms with Crippen LogP contribution in [0.3, 0.4) is 0 Å². The maximum absolute atomic E-state index is 5.74. The quantitative estimate of drug-likeness (QED) is 0.720. The van der Waals surface area contributed by atoms with E-state index in [0.29, 0.717) is 5.41 Å². The molecule has 1 aliphatic rings. The van der Waals surface area contributed by atoms with Gasteiger partial charge in [0, 0.05) is 6.54 Å². The van der Waals surface area contributed by atoms with Crippen molar-refractivity contribution < 1.29 is 0 Å². The van der Waals surface area contributed by atoms with E-state index in [0.717, 1.165) is 12.5 Å². The summed E-state index contributed by atoms with van der Waals surface area (Å²) in [6, 6.07) is 0. The molecule has 2 heteroatoms. The third kappa shape index (κ3) is 3.28. The number of likely N-dealkylation sites (tertiary alicyclic amines) is 1. The molecule has 0 aromatic rings. The van der Waals surface area contributed by atoms with Gasteiger partial charge in [-0.15, -0.1) is 0 Å². The first-order valence-electron chi connectivity index (χ1n) is 5.50. The van der Waals surface area contributed by atoms with Crippen molar-refractivity contribution in [3.63, 3.8) is 0 Å². The Kier molecular flexibility index (Phi) is 3.74. The second-order valence-corrected chi connectivity index (χ2v) is 5.12. The van der Waals surface area contributed by atoms with Crippen LogP contribution in [0.1, 0.15) is 33.6 Å². The summed E-state index contributed by atoms with van der Waals surface area (Å²) in [5.41, 5.74) is 6.08. The predicted molar refractivity (Wildman–Crippen MR) is 57.7 cm³/mol. The monoisotopic (exact) mass is 184 g/mol. The van der Waals surface area contributed by atoms with Crippen molar-refractivity contribution in [2.24, 2.45) is 17.1 Å². The molecule has 0 spiro atoms. The summed E-state index contributed by atoms with van der Waals surface area (Å²) in [5, 5.41) is 0. The van der Waals surface area contributed by atoms with E-state index >= 15 is 0 Å². The first-order valence-corrected chi connectivity index (χ1v) is 5.50. The minimum atomic E-state index is 0.342. The average molecular weight is 184 g/mol. The number of hydrogen-bond donors (Lipinski definition) is 1. The maximum atomic E-state index is 5.74. The second kappa shape index (κ2) is 4.43. The fraction of sp³-hybridized carbons (Fsp3) is 1.00. The smallest absolute Gasteiger partial charge is 0.00102 e. The molecule has 78 valence electrons. The molecule has 2 nitrogen and oxygen atoms in total. The highest BCUT2D eigenvalue weighted by Crippen LogP contribution is 2.29. The minimum Gasteiger partial charge on any atom is -0.330 e. The van der Waals surface area contributed by atoms with Crippen LogP contribution in [0.15, 0.2) is 0 Å². The first kappa shape index (κ1) is 11.0. The van der Waals surface area contributed by atoms with Crippen LogP contribution in [-0.4, -0.2) is 31.1 Å². The fourth-order valence-corrected chi connectivity index (χ4v) is 2.23. The van der Waals surface area contributed by atoms with Gasteiger partial charge in [-0.05, 0) is 43.8 Å². The number of nitrogens with two attached hydrogens (primary N) is 1. The molecule has 0 radical (unpaired) electrons. The lowest BCUT2D eigenvalue weighted by atomic mass is 9.82. The van der Waals surface area contributed by atoms with Crippen LogP contribution < -0.4 is 5.73 Å². The molecule has 1 rings (SSSR count). The molecule has 0 amide bonds. The SMILES string of the molecule is CCN1CCC(CC(C)(C)CN)C1. The molecule has 1 saturated heterocycles. The van der Waals surface area contributed by atoms with E-state index in [1.54, 1.807) is 0 Å². The minimum absolute atomic E-state index is 0.342. The third-order valence-corrected chi connectivity index (χ3v) is 3.21. The topological polar surface area (TPSA) is 29.3 Å². The Hall–Kier alpha value is -0.0800. The second-order valence-electron chi connectivity index (χ2n) is 5.12. The van der Waals surface area contributed by atoms with Crippen molar-refractivity contribution in [2.45, 2.75) is 33.6 Å². The predicted octanol–water partition coefficient (Wildman–Crippen LogP) is 1.70. The largest absolute Gasteiger partial charge is 0.330 e. The maximum Gasteiger partial charge on any atom is 0.00102 e. The van der Waals surface area contributed by atoms with E-state index in [1.165, 1.54) is 32.5 Å². The van der Waals surface area contributed by atoms with Crippen molar-refractivity contribution in [3.05, 3.63) is 0 Å². The van der Waals surface area contributed by atoms with Crippen molar-refractivity contribution in [3.8, 4) is 0 Å². The molecule has 1 unspecified atom stereocenters. The van der Waals surface area contributed by atoms with E-state index in [9.17, 15) is 0 Å². The van der Waals surface area contributed by atoms with E-state index in [4.69, 9.17) is 5.73 Å². The summed E-state index contributed by atoms with van der Waals surface area (Å²) < 4.78 is 0. The number of hydrogen-bond acceptors (Lipinski definition) is 2. The molecule has 0 saturated carbocycles. The summed E-state index contributed by atoms with van der Waals surface area (Å²) in [6.07, 6.45) is 2.66. The molecule has 1 aliphatic heterocycles. The highest BCUT2D eigenvalue weighted by molar-refractivity contribution is 4.81. The van der Waals surface area contributed by atoms with Crippen LogP contribution in [0.2, 0.25) is 0 Å². The fourth-order valence-electron chi connectivity index (χ4n) is 2.23. The van der Waals surface area contributed by atoms with Gasteiger partial charge in [0.05, 0.1) is 0 Å². The Labute approximate surface area is 82.5 Å². The molecule has 0 aromatic heterocycles. The lowest BCUT2D eigenvalue weighted by molar-refractivity contribution is 0.264. The zero-order valence-electron chi connectivity index (χ0n) is 9.34. The van der Waals surface area contributed by atoms with Crippen molar-refractivity contribution in [2.75, 3.05) is 26.2 Å². The first-order chi connectivity index (χ1) is 6.07. The highest BCUT2D eigenvalue weighted by atomic mass is 15.1. The molecule has 1 atom stereocenters. The van der Waals surface area contributed by atoms with Crippen LogP contribution >= 0.6 is 0 Å². The highest BCUT2D eigenvalue weighted by Gasteiger charge is 2.27. The van der Waals surface area contributed by atoms with Crippen molar-refractivity contribution in [1.29, 1.82) is 0 Å². The average Bonchev–Trinajstić information content (AvgIpc) is 2.52. The van der Waals surface area contributed by atoms with Gasteiger partial charge in [0.2, 0.25) is 0 Å². The van der Waals surface area contributed by atoms with Gasteiger partial charge in [-0.3, -0.25) is 0 Å². The summed E-state index contributed by atoms with van der Waals surface area (Å²) in [7, 11) is 0. The molecule has 2 N–H and O–H groups in total. The van der Waals surface area contributed by atoms with Gasteiger partial charge in [-0.2, -0.15) is 0 Å². The van der Waals surface area contributed by atoms with Crippen LogP contribution in [0.4, 0.5) is 0 Å². The molecule has 1 heterocycles.